The topological polar surface area (TPSA) is 58.5 Å². The number of nitrogens with zero attached hydrogens (tertiary/aromatic N) is 3. The molecule has 1 aromatic carbocycles. The minimum Gasteiger partial charge on any atom is -0.356 e. The van der Waals surface area contributed by atoms with Crippen LogP contribution in [-0.2, 0) is 13.0 Å². The second-order valence-corrected chi connectivity index (χ2v) is 7.77. The zero-order valence-electron chi connectivity index (χ0n) is 15.7. The lowest BCUT2D eigenvalue weighted by molar-refractivity contribution is 0.452. The van der Waals surface area contributed by atoms with Crippen molar-refractivity contribution in [3.63, 3.8) is 0 Å². The Bertz CT molecular complexity index is 1130. The molecule has 0 saturated carbocycles. The third-order valence-electron chi connectivity index (χ3n) is 5.72. The van der Waals surface area contributed by atoms with Crippen molar-refractivity contribution in [1.82, 2.24) is 25.1 Å². The monoisotopic (exact) mass is 391 g/mol. The number of hydrogen-bond donors (Lipinski definition) is 2. The molecule has 0 bridgehead atoms. The molecule has 0 unspecified atom stereocenters. The number of nitrogens with one attached hydrogen (secondary N) is 2. The Labute approximate surface area is 168 Å². The molecule has 5 rings (SSSR count). The summed E-state index contributed by atoms with van der Waals surface area (Å²) in [6, 6.07) is 12.3. The molecule has 1 atom stereocenters. The Kier molecular flexibility index (Phi) is 4.41. The van der Waals surface area contributed by atoms with Gasteiger partial charge in [0.05, 0.1) is 22.4 Å². The van der Waals surface area contributed by atoms with Crippen molar-refractivity contribution in [3.05, 3.63) is 76.3 Å². The molecule has 2 N–H and O–H groups in total. The van der Waals surface area contributed by atoms with Crippen LogP contribution in [0.5, 0.6) is 0 Å². The zero-order chi connectivity index (χ0) is 19.1. The first-order valence-electron chi connectivity index (χ1n) is 9.69. The van der Waals surface area contributed by atoms with Crippen LogP contribution < -0.4 is 5.32 Å². The maximum absolute atomic E-state index is 6.35. The van der Waals surface area contributed by atoms with E-state index in [9.17, 15) is 0 Å². The average molecular weight is 392 g/mol. The number of aryl methyl sites for hydroxylation is 1. The lowest BCUT2D eigenvalue weighted by Gasteiger charge is -2.24. The number of para-hydroxylation sites is 1. The quantitative estimate of drug-likeness (QED) is 0.521. The van der Waals surface area contributed by atoms with Crippen molar-refractivity contribution < 1.29 is 0 Å². The number of halogens is 1. The average Bonchev–Trinajstić information content (AvgIpc) is 3.30. The van der Waals surface area contributed by atoms with Gasteiger partial charge in [0.1, 0.15) is 0 Å². The van der Waals surface area contributed by atoms with Crippen LogP contribution in [0, 0.1) is 6.92 Å². The first kappa shape index (κ1) is 17.5. The summed E-state index contributed by atoms with van der Waals surface area (Å²) in [6.45, 7) is 2.92. The van der Waals surface area contributed by atoms with Gasteiger partial charge in [-0.2, -0.15) is 5.10 Å². The number of aromatic amines is 1. The van der Waals surface area contributed by atoms with Gasteiger partial charge in [0.25, 0.3) is 0 Å². The maximum atomic E-state index is 6.35. The molecule has 4 aromatic rings. The first-order valence-corrected chi connectivity index (χ1v) is 10.1. The van der Waals surface area contributed by atoms with Gasteiger partial charge in [0.2, 0.25) is 0 Å². The van der Waals surface area contributed by atoms with Gasteiger partial charge >= 0.3 is 0 Å². The number of aromatic nitrogens is 4. The Morgan fingerprint density at radius 1 is 1.25 bits per heavy atom. The van der Waals surface area contributed by atoms with Crippen LogP contribution in [0.1, 0.15) is 41.4 Å². The van der Waals surface area contributed by atoms with E-state index in [1.165, 1.54) is 27.9 Å². The van der Waals surface area contributed by atoms with Gasteiger partial charge < -0.3 is 10.3 Å². The Morgan fingerprint density at radius 3 is 3.00 bits per heavy atom. The van der Waals surface area contributed by atoms with Gasteiger partial charge in [-0.1, -0.05) is 29.8 Å². The Balaban J connectivity index is 1.41. The summed E-state index contributed by atoms with van der Waals surface area (Å²) in [5.41, 5.74) is 6.01. The molecule has 3 aromatic heterocycles. The molecule has 0 radical (unpaired) electrons. The number of rotatable bonds is 4. The lowest BCUT2D eigenvalue weighted by atomic mass is 9.93. The van der Waals surface area contributed by atoms with Gasteiger partial charge in [0.15, 0.2) is 5.82 Å². The Morgan fingerprint density at radius 2 is 2.18 bits per heavy atom. The maximum Gasteiger partial charge on any atom is 0.153 e. The minimum absolute atomic E-state index is 0.294. The van der Waals surface area contributed by atoms with Crippen molar-refractivity contribution in [2.24, 2.45) is 0 Å². The molecular formula is C22H22ClN5. The highest BCUT2D eigenvalue weighted by Crippen LogP contribution is 2.32. The molecule has 1 aliphatic rings. The summed E-state index contributed by atoms with van der Waals surface area (Å²) < 4.78 is 1.98. The van der Waals surface area contributed by atoms with E-state index in [0.29, 0.717) is 6.04 Å². The second kappa shape index (κ2) is 7.08. The molecule has 6 heteroatoms. The summed E-state index contributed by atoms with van der Waals surface area (Å²) in [5, 5.41) is 10.3. The van der Waals surface area contributed by atoms with Crippen molar-refractivity contribution in [2.45, 2.75) is 38.8 Å². The third-order valence-corrected chi connectivity index (χ3v) is 6.04. The standard InChI is InChI=1S/C22H22ClN5/c1-14-15-6-4-7-17(23)22(15)27-19(14)13-25-18-8-5-9-20-16(18)12-26-28(20)21-10-2-3-11-24-21/h2-4,6-7,10-12,18,25,27H,5,8-9,13H2,1H3/t18-/m0/s1. The first-order chi connectivity index (χ1) is 13.7. The van der Waals surface area contributed by atoms with Crippen molar-refractivity contribution in [3.8, 4) is 5.82 Å². The van der Waals surface area contributed by atoms with Crippen LogP contribution in [0.15, 0.2) is 48.8 Å². The summed E-state index contributed by atoms with van der Waals surface area (Å²) in [6.07, 6.45) is 7.09. The number of pyridine rings is 1. The van der Waals surface area contributed by atoms with Gasteiger partial charge in [-0.15, -0.1) is 0 Å². The molecule has 0 fully saturated rings. The minimum atomic E-state index is 0.294. The predicted octanol–water partition coefficient (Wildman–Crippen LogP) is 4.88. The fourth-order valence-electron chi connectivity index (χ4n) is 4.22. The Hall–Kier alpha value is -2.63. The zero-order valence-corrected chi connectivity index (χ0v) is 16.5. The van der Waals surface area contributed by atoms with E-state index in [1.54, 1.807) is 0 Å². The predicted molar refractivity (Wildman–Crippen MR) is 112 cm³/mol. The number of fused-ring (bicyclic) bond motifs is 2. The van der Waals surface area contributed by atoms with Crippen LogP contribution >= 0.6 is 11.6 Å². The van der Waals surface area contributed by atoms with Gasteiger partial charge in [0, 0.05) is 35.4 Å². The molecule has 0 aliphatic heterocycles. The SMILES string of the molecule is Cc1c(CN[C@H]2CCCc3c2cnn3-c2ccccn2)[nH]c2c(Cl)cccc12. The molecule has 0 saturated heterocycles. The largest absolute Gasteiger partial charge is 0.356 e. The van der Waals surface area contributed by atoms with E-state index in [-0.39, 0.29) is 0 Å². The van der Waals surface area contributed by atoms with E-state index in [2.05, 4.69) is 33.4 Å². The van der Waals surface area contributed by atoms with E-state index in [4.69, 9.17) is 11.6 Å². The highest BCUT2D eigenvalue weighted by atomic mass is 35.5. The molecule has 0 amide bonds. The van der Waals surface area contributed by atoms with Gasteiger partial charge in [-0.3, -0.25) is 0 Å². The molecule has 142 valence electrons. The smallest absolute Gasteiger partial charge is 0.153 e. The summed E-state index contributed by atoms with van der Waals surface area (Å²) in [5.74, 6) is 0.880. The number of hydrogen-bond acceptors (Lipinski definition) is 3. The molecule has 0 spiro atoms. The van der Waals surface area contributed by atoms with E-state index < -0.39 is 0 Å². The molecule has 1 aliphatic carbocycles. The van der Waals surface area contributed by atoms with Crippen LogP contribution in [-0.4, -0.2) is 19.7 Å². The van der Waals surface area contributed by atoms with Crippen LogP contribution in [0.2, 0.25) is 5.02 Å². The van der Waals surface area contributed by atoms with E-state index in [0.717, 1.165) is 42.2 Å². The summed E-state index contributed by atoms with van der Waals surface area (Å²) in [4.78, 5) is 7.96. The normalized spacial score (nSPS) is 16.4. The third kappa shape index (κ3) is 2.91. The molecule has 3 heterocycles. The van der Waals surface area contributed by atoms with E-state index in [1.807, 2.05) is 47.4 Å². The van der Waals surface area contributed by atoms with Crippen LogP contribution in [0.25, 0.3) is 16.7 Å². The second-order valence-electron chi connectivity index (χ2n) is 7.36. The summed E-state index contributed by atoms with van der Waals surface area (Å²) >= 11 is 6.35. The molecular weight excluding hydrogens is 370 g/mol. The lowest BCUT2D eigenvalue weighted by Crippen LogP contribution is -2.25. The van der Waals surface area contributed by atoms with Crippen molar-refractivity contribution in [2.75, 3.05) is 0 Å². The van der Waals surface area contributed by atoms with Crippen LogP contribution in [0.3, 0.4) is 0 Å². The van der Waals surface area contributed by atoms with Gasteiger partial charge in [-0.25, -0.2) is 9.67 Å². The van der Waals surface area contributed by atoms with Crippen molar-refractivity contribution in [1.29, 1.82) is 0 Å². The highest BCUT2D eigenvalue weighted by Gasteiger charge is 2.25. The highest BCUT2D eigenvalue weighted by molar-refractivity contribution is 6.35. The molecule has 5 nitrogen and oxygen atoms in total. The number of benzene rings is 1. The number of H-pyrrole nitrogens is 1. The fraction of sp³-hybridized carbons (Fsp3) is 0.273. The summed E-state index contributed by atoms with van der Waals surface area (Å²) in [7, 11) is 0. The van der Waals surface area contributed by atoms with Crippen LogP contribution in [0.4, 0.5) is 0 Å². The van der Waals surface area contributed by atoms with Crippen molar-refractivity contribution >= 4 is 22.5 Å². The van der Waals surface area contributed by atoms with Gasteiger partial charge in [-0.05, 0) is 49.9 Å². The van der Waals surface area contributed by atoms with E-state index >= 15 is 0 Å². The molecule has 28 heavy (non-hydrogen) atoms. The fourth-order valence-corrected chi connectivity index (χ4v) is 4.44.